The first-order chi connectivity index (χ1) is 14.5. The Hall–Kier alpha value is -3.09. The zero-order chi connectivity index (χ0) is 21.1. The minimum Gasteiger partial charge on any atom is -0.454 e. The van der Waals surface area contributed by atoms with Crippen molar-refractivity contribution in [3.8, 4) is 0 Å². The molecule has 1 aliphatic heterocycles. The van der Waals surface area contributed by atoms with E-state index < -0.39 is 0 Å². The molecule has 162 valence electrons. The average Bonchev–Trinajstić information content (AvgIpc) is 3.25. The van der Waals surface area contributed by atoms with Crippen LogP contribution in [-0.2, 0) is 6.54 Å². The van der Waals surface area contributed by atoms with Crippen LogP contribution in [0, 0.1) is 0 Å². The van der Waals surface area contributed by atoms with Crippen molar-refractivity contribution < 1.29 is 14.0 Å². The summed E-state index contributed by atoms with van der Waals surface area (Å²) in [6, 6.07) is 15.3. The molecule has 0 aliphatic carbocycles. The van der Waals surface area contributed by atoms with Gasteiger partial charge in [-0.15, -0.1) is 12.4 Å². The van der Waals surface area contributed by atoms with Gasteiger partial charge < -0.3 is 20.0 Å². The van der Waals surface area contributed by atoms with Gasteiger partial charge in [-0.05, 0) is 59.1 Å². The first kappa shape index (κ1) is 22.6. The van der Waals surface area contributed by atoms with Gasteiger partial charge in [-0.2, -0.15) is 0 Å². The molecule has 0 spiro atoms. The second-order valence-corrected chi connectivity index (χ2v) is 7.58. The van der Waals surface area contributed by atoms with E-state index >= 15 is 0 Å². The molecule has 4 rings (SSSR count). The summed E-state index contributed by atoms with van der Waals surface area (Å²) in [6.45, 7) is 2.10. The van der Waals surface area contributed by atoms with Crippen molar-refractivity contribution in [3.63, 3.8) is 0 Å². The molecule has 0 saturated carbocycles. The molecule has 2 aromatic carbocycles. The van der Waals surface area contributed by atoms with Crippen LogP contribution in [0.1, 0.15) is 38.7 Å². The molecule has 2 N–H and O–H groups in total. The van der Waals surface area contributed by atoms with Crippen LogP contribution in [0.15, 0.2) is 59.0 Å². The summed E-state index contributed by atoms with van der Waals surface area (Å²) in [5.74, 6) is 0.404. The van der Waals surface area contributed by atoms with Gasteiger partial charge in [0.15, 0.2) is 5.76 Å². The number of halogens is 1. The number of fused-ring (bicyclic) bond motifs is 1. The normalized spacial score (nSPS) is 13.3. The van der Waals surface area contributed by atoms with Gasteiger partial charge in [0.1, 0.15) is 5.76 Å². The largest absolute Gasteiger partial charge is 0.454 e. The highest BCUT2D eigenvalue weighted by Crippen LogP contribution is 2.27. The van der Waals surface area contributed by atoms with Crippen molar-refractivity contribution in [1.29, 1.82) is 0 Å². The van der Waals surface area contributed by atoms with Gasteiger partial charge in [0.2, 0.25) is 0 Å². The van der Waals surface area contributed by atoms with Crippen molar-refractivity contribution in [2.24, 2.45) is 0 Å². The Labute approximate surface area is 187 Å². The number of rotatable bonds is 5. The number of benzene rings is 2. The number of amides is 2. The third-order valence-electron chi connectivity index (χ3n) is 5.22. The predicted molar refractivity (Wildman–Crippen MR) is 125 cm³/mol. The number of hydrogen-bond acceptors (Lipinski definition) is 4. The van der Waals surface area contributed by atoms with E-state index in [0.717, 1.165) is 30.3 Å². The first-order valence-electron chi connectivity index (χ1n) is 10.0. The van der Waals surface area contributed by atoms with Crippen LogP contribution in [0.4, 0.5) is 0 Å². The summed E-state index contributed by atoms with van der Waals surface area (Å²) >= 11 is 0. The third kappa shape index (κ3) is 4.98. The van der Waals surface area contributed by atoms with Gasteiger partial charge in [-0.3, -0.25) is 9.59 Å². The van der Waals surface area contributed by atoms with Crippen LogP contribution in [0.25, 0.3) is 16.3 Å². The molecule has 0 radical (unpaired) electrons. The van der Waals surface area contributed by atoms with E-state index in [0.29, 0.717) is 11.3 Å². The molecule has 31 heavy (non-hydrogen) atoms. The minimum absolute atomic E-state index is 0. The van der Waals surface area contributed by atoms with Crippen molar-refractivity contribution in [2.75, 3.05) is 27.2 Å². The van der Waals surface area contributed by atoms with Gasteiger partial charge >= 0.3 is 0 Å². The standard InChI is InChI=1S/C24H25N3O3.ClH/c1-27(2)24(29)22-11-9-19(30-22)15-26-23(28)17-8-10-21-16(13-17)5-3-7-20(21)18-6-4-12-25-14-18;/h3,5-11,13,25H,4,12,14-15H2,1-2H3,(H,26,28);1H. The highest BCUT2D eigenvalue weighted by molar-refractivity contribution is 6.01. The first-order valence-corrected chi connectivity index (χ1v) is 10.0. The maximum absolute atomic E-state index is 12.6. The summed E-state index contributed by atoms with van der Waals surface area (Å²) in [5, 5.41) is 8.44. The maximum atomic E-state index is 12.6. The SMILES string of the molecule is CN(C)C(=O)c1ccc(CNC(=O)c2ccc3c(C4=CCCNC4)cccc3c2)o1.Cl. The summed E-state index contributed by atoms with van der Waals surface area (Å²) < 4.78 is 5.53. The molecule has 0 saturated heterocycles. The number of nitrogens with one attached hydrogen (secondary N) is 2. The fraction of sp³-hybridized carbons (Fsp3) is 0.250. The van der Waals surface area contributed by atoms with Crippen LogP contribution in [0.2, 0.25) is 0 Å². The van der Waals surface area contributed by atoms with E-state index in [-0.39, 0.29) is 36.5 Å². The lowest BCUT2D eigenvalue weighted by Crippen LogP contribution is -2.23. The maximum Gasteiger partial charge on any atom is 0.289 e. The summed E-state index contributed by atoms with van der Waals surface area (Å²) in [6.07, 6.45) is 3.31. The lowest BCUT2D eigenvalue weighted by atomic mass is 9.95. The molecule has 0 bridgehead atoms. The van der Waals surface area contributed by atoms with Crippen molar-refractivity contribution in [2.45, 2.75) is 13.0 Å². The molecule has 1 aliphatic rings. The Morgan fingerprint density at radius 3 is 2.71 bits per heavy atom. The van der Waals surface area contributed by atoms with Crippen LogP contribution in [0.5, 0.6) is 0 Å². The molecule has 2 heterocycles. The quantitative estimate of drug-likeness (QED) is 0.633. The predicted octanol–water partition coefficient (Wildman–Crippen LogP) is 3.86. The summed E-state index contributed by atoms with van der Waals surface area (Å²) in [4.78, 5) is 26.0. The Morgan fingerprint density at radius 2 is 1.97 bits per heavy atom. The van der Waals surface area contributed by atoms with E-state index in [1.165, 1.54) is 16.0 Å². The number of nitrogens with zero attached hydrogens (tertiary/aromatic N) is 1. The third-order valence-corrected chi connectivity index (χ3v) is 5.22. The molecule has 0 fully saturated rings. The van der Waals surface area contributed by atoms with E-state index in [1.54, 1.807) is 26.2 Å². The van der Waals surface area contributed by atoms with Gasteiger partial charge in [-0.25, -0.2) is 0 Å². The molecule has 3 aromatic rings. The van der Waals surface area contributed by atoms with E-state index in [4.69, 9.17) is 4.42 Å². The second-order valence-electron chi connectivity index (χ2n) is 7.58. The lowest BCUT2D eigenvalue weighted by Gasteiger charge is -2.16. The van der Waals surface area contributed by atoms with Crippen molar-refractivity contribution in [3.05, 3.63) is 77.3 Å². The van der Waals surface area contributed by atoms with Crippen LogP contribution in [-0.4, -0.2) is 43.9 Å². The zero-order valence-corrected chi connectivity index (χ0v) is 18.4. The molecule has 0 unspecified atom stereocenters. The van der Waals surface area contributed by atoms with E-state index in [1.807, 2.05) is 30.3 Å². The van der Waals surface area contributed by atoms with E-state index in [9.17, 15) is 9.59 Å². The molecule has 7 heteroatoms. The van der Waals surface area contributed by atoms with Crippen LogP contribution >= 0.6 is 12.4 Å². The van der Waals surface area contributed by atoms with Crippen molar-refractivity contribution in [1.82, 2.24) is 15.5 Å². The lowest BCUT2D eigenvalue weighted by molar-refractivity contribution is 0.0794. The number of carbonyl (C=O) groups is 2. The van der Waals surface area contributed by atoms with Crippen molar-refractivity contribution >= 4 is 40.6 Å². The highest BCUT2D eigenvalue weighted by atomic mass is 35.5. The Morgan fingerprint density at radius 1 is 1.13 bits per heavy atom. The fourth-order valence-corrected chi connectivity index (χ4v) is 3.63. The number of hydrogen-bond donors (Lipinski definition) is 2. The molecular formula is C24H26ClN3O3. The van der Waals surface area contributed by atoms with E-state index in [2.05, 4.69) is 22.8 Å². The Balaban J connectivity index is 0.00000272. The number of carbonyl (C=O) groups excluding carboxylic acids is 2. The van der Waals surface area contributed by atoms with Gasteiger partial charge in [0.05, 0.1) is 6.54 Å². The van der Waals surface area contributed by atoms with Gasteiger partial charge in [0.25, 0.3) is 11.8 Å². The smallest absolute Gasteiger partial charge is 0.289 e. The topological polar surface area (TPSA) is 74.6 Å². The van der Waals surface area contributed by atoms with Gasteiger partial charge in [-0.1, -0.05) is 30.3 Å². The minimum atomic E-state index is -0.207. The zero-order valence-electron chi connectivity index (χ0n) is 17.6. The van der Waals surface area contributed by atoms with Gasteiger partial charge in [0, 0.05) is 26.2 Å². The molecular weight excluding hydrogens is 414 g/mol. The highest BCUT2D eigenvalue weighted by Gasteiger charge is 2.15. The molecule has 6 nitrogen and oxygen atoms in total. The second kappa shape index (κ2) is 9.81. The monoisotopic (exact) mass is 439 g/mol. The summed E-state index contributed by atoms with van der Waals surface area (Å²) in [7, 11) is 3.33. The molecule has 2 amide bonds. The van der Waals surface area contributed by atoms with Crippen LogP contribution in [0.3, 0.4) is 0 Å². The number of furan rings is 1. The summed E-state index contributed by atoms with van der Waals surface area (Å²) in [5.41, 5.74) is 3.09. The van der Waals surface area contributed by atoms with Crippen LogP contribution < -0.4 is 10.6 Å². The Kier molecular flexibility index (Phi) is 7.15. The molecule has 1 aromatic heterocycles. The average molecular weight is 440 g/mol. The Bertz CT molecular complexity index is 1130. The fourth-order valence-electron chi connectivity index (χ4n) is 3.63. The molecule has 0 atom stereocenters.